The monoisotopic (exact) mass is 171 g/mol. The van der Waals surface area contributed by atoms with Gasteiger partial charge >= 0.3 is 5.97 Å². The minimum absolute atomic E-state index is 0.0866. The zero-order valence-electron chi connectivity index (χ0n) is 7.71. The third-order valence-electron chi connectivity index (χ3n) is 3.12. The van der Waals surface area contributed by atoms with Gasteiger partial charge in [-0.2, -0.15) is 0 Å². The number of carboxylic acids is 1. The maximum atomic E-state index is 11.1. The van der Waals surface area contributed by atoms with Crippen molar-refractivity contribution < 1.29 is 9.90 Å². The molecule has 1 aliphatic rings. The molecule has 1 saturated carbocycles. The molecule has 0 saturated heterocycles. The molecule has 0 aromatic heterocycles. The number of carboxylic acid groups (broad SMARTS) is 1. The lowest BCUT2D eigenvalue weighted by molar-refractivity contribution is -0.151. The van der Waals surface area contributed by atoms with Crippen LogP contribution in [0.1, 0.15) is 33.1 Å². The van der Waals surface area contributed by atoms with Crippen LogP contribution >= 0.6 is 0 Å². The van der Waals surface area contributed by atoms with Gasteiger partial charge in [-0.05, 0) is 25.2 Å². The summed E-state index contributed by atoms with van der Waals surface area (Å²) in [6.07, 6.45) is 2.23. The molecule has 2 unspecified atom stereocenters. The highest BCUT2D eigenvalue weighted by Crippen LogP contribution is 2.43. The lowest BCUT2D eigenvalue weighted by atomic mass is 9.75. The molecular formula is C9H17NO2. The summed E-state index contributed by atoms with van der Waals surface area (Å²) in [4.78, 5) is 11.1. The molecule has 0 aliphatic heterocycles. The third kappa shape index (κ3) is 1.33. The second-order valence-corrected chi connectivity index (χ2v) is 4.12. The van der Waals surface area contributed by atoms with E-state index in [1.807, 2.05) is 13.8 Å². The molecule has 0 radical (unpaired) electrons. The quantitative estimate of drug-likeness (QED) is 0.656. The van der Waals surface area contributed by atoms with Crippen LogP contribution in [0.15, 0.2) is 0 Å². The third-order valence-corrected chi connectivity index (χ3v) is 3.12. The summed E-state index contributed by atoms with van der Waals surface area (Å²) in [5, 5.41) is 9.10. The van der Waals surface area contributed by atoms with Crippen LogP contribution < -0.4 is 5.73 Å². The molecule has 0 spiro atoms. The molecule has 0 heterocycles. The van der Waals surface area contributed by atoms with E-state index in [4.69, 9.17) is 10.8 Å². The van der Waals surface area contributed by atoms with Crippen molar-refractivity contribution in [3.8, 4) is 0 Å². The van der Waals surface area contributed by atoms with E-state index >= 15 is 0 Å². The maximum Gasteiger partial charge on any atom is 0.309 e. The van der Waals surface area contributed by atoms with Gasteiger partial charge in [0, 0.05) is 6.04 Å². The van der Waals surface area contributed by atoms with E-state index in [1.54, 1.807) is 0 Å². The molecule has 1 fully saturated rings. The highest BCUT2D eigenvalue weighted by Gasteiger charge is 2.46. The molecule has 12 heavy (non-hydrogen) atoms. The Kier molecular flexibility index (Phi) is 2.42. The van der Waals surface area contributed by atoms with E-state index in [0.717, 1.165) is 12.8 Å². The minimum Gasteiger partial charge on any atom is -0.481 e. The molecule has 0 aromatic rings. The smallest absolute Gasteiger partial charge is 0.309 e. The Morgan fingerprint density at radius 3 is 2.42 bits per heavy atom. The Morgan fingerprint density at radius 2 is 2.25 bits per heavy atom. The molecule has 3 heteroatoms. The largest absolute Gasteiger partial charge is 0.481 e. The van der Waals surface area contributed by atoms with Crippen LogP contribution in [-0.2, 0) is 4.79 Å². The first-order chi connectivity index (χ1) is 5.49. The highest BCUT2D eigenvalue weighted by atomic mass is 16.4. The fraction of sp³-hybridized carbons (Fsp3) is 0.889. The number of hydrogen-bond donors (Lipinski definition) is 2. The van der Waals surface area contributed by atoms with Crippen LogP contribution in [-0.4, -0.2) is 17.1 Å². The van der Waals surface area contributed by atoms with E-state index in [2.05, 4.69) is 0 Å². The highest BCUT2D eigenvalue weighted by molar-refractivity contribution is 5.75. The van der Waals surface area contributed by atoms with Crippen LogP contribution in [0.25, 0.3) is 0 Å². The molecule has 70 valence electrons. The normalized spacial score (nSPS) is 35.8. The maximum absolute atomic E-state index is 11.1. The lowest BCUT2D eigenvalue weighted by Gasteiger charge is -2.28. The Balaban J connectivity index is 2.82. The van der Waals surface area contributed by atoms with Gasteiger partial charge in [-0.1, -0.05) is 13.8 Å². The van der Waals surface area contributed by atoms with Crippen molar-refractivity contribution in [2.24, 2.45) is 17.1 Å². The molecule has 0 aromatic carbocycles. The van der Waals surface area contributed by atoms with E-state index in [9.17, 15) is 4.79 Å². The van der Waals surface area contributed by atoms with Crippen LogP contribution in [0.2, 0.25) is 0 Å². The Bertz CT molecular complexity index is 191. The standard InChI is InChI=1S/C9H17NO2/c1-6(2)9(8(11)12)4-3-7(10)5-9/h6-7H,3-5,10H2,1-2H3,(H,11,12). The first kappa shape index (κ1) is 9.52. The Morgan fingerprint density at radius 1 is 1.67 bits per heavy atom. The van der Waals surface area contributed by atoms with Gasteiger partial charge in [-0.25, -0.2) is 0 Å². The first-order valence-electron chi connectivity index (χ1n) is 4.48. The van der Waals surface area contributed by atoms with E-state index < -0.39 is 11.4 Å². The average Bonchev–Trinajstić information content (AvgIpc) is 2.32. The number of rotatable bonds is 2. The minimum atomic E-state index is -0.676. The molecule has 1 aliphatic carbocycles. The topological polar surface area (TPSA) is 63.3 Å². The summed E-state index contributed by atoms with van der Waals surface area (Å²) in [6, 6.07) is 0.0866. The van der Waals surface area contributed by atoms with Gasteiger partial charge in [0.15, 0.2) is 0 Å². The van der Waals surface area contributed by atoms with Gasteiger partial charge in [0.05, 0.1) is 5.41 Å². The molecule has 2 atom stereocenters. The predicted molar refractivity (Wildman–Crippen MR) is 46.7 cm³/mol. The SMILES string of the molecule is CC(C)C1(C(=O)O)CCC(N)C1. The number of carbonyl (C=O) groups is 1. The van der Waals surface area contributed by atoms with Crippen molar-refractivity contribution in [2.75, 3.05) is 0 Å². The molecule has 3 N–H and O–H groups in total. The van der Waals surface area contributed by atoms with Crippen molar-refractivity contribution in [3.05, 3.63) is 0 Å². The molecular weight excluding hydrogens is 154 g/mol. The summed E-state index contributed by atoms with van der Waals surface area (Å²) in [5.41, 5.74) is 5.18. The Hall–Kier alpha value is -0.570. The average molecular weight is 171 g/mol. The fourth-order valence-electron chi connectivity index (χ4n) is 2.08. The summed E-state index contributed by atoms with van der Waals surface area (Å²) in [7, 11) is 0. The van der Waals surface area contributed by atoms with Crippen molar-refractivity contribution in [3.63, 3.8) is 0 Å². The van der Waals surface area contributed by atoms with Gasteiger partial charge in [0.2, 0.25) is 0 Å². The van der Waals surface area contributed by atoms with Gasteiger partial charge in [-0.15, -0.1) is 0 Å². The van der Waals surface area contributed by atoms with Gasteiger partial charge in [0.1, 0.15) is 0 Å². The summed E-state index contributed by atoms with van der Waals surface area (Å²) in [5.74, 6) is -0.492. The van der Waals surface area contributed by atoms with E-state index in [1.165, 1.54) is 0 Å². The molecule has 3 nitrogen and oxygen atoms in total. The summed E-state index contributed by atoms with van der Waals surface area (Å²) in [6.45, 7) is 3.93. The van der Waals surface area contributed by atoms with Crippen LogP contribution in [0.4, 0.5) is 0 Å². The second-order valence-electron chi connectivity index (χ2n) is 4.12. The zero-order chi connectivity index (χ0) is 9.35. The van der Waals surface area contributed by atoms with Crippen molar-refractivity contribution in [2.45, 2.75) is 39.2 Å². The second kappa shape index (κ2) is 3.05. The van der Waals surface area contributed by atoms with E-state index in [0.29, 0.717) is 6.42 Å². The first-order valence-corrected chi connectivity index (χ1v) is 4.48. The Labute approximate surface area is 72.9 Å². The van der Waals surface area contributed by atoms with Crippen molar-refractivity contribution in [1.29, 1.82) is 0 Å². The number of hydrogen-bond acceptors (Lipinski definition) is 2. The molecule has 1 rings (SSSR count). The lowest BCUT2D eigenvalue weighted by Crippen LogP contribution is -2.35. The number of nitrogens with two attached hydrogens (primary N) is 1. The van der Waals surface area contributed by atoms with Crippen LogP contribution in [0.3, 0.4) is 0 Å². The van der Waals surface area contributed by atoms with Gasteiger partial charge < -0.3 is 10.8 Å². The zero-order valence-corrected chi connectivity index (χ0v) is 7.71. The fourth-order valence-corrected chi connectivity index (χ4v) is 2.08. The van der Waals surface area contributed by atoms with Gasteiger partial charge in [-0.3, -0.25) is 4.79 Å². The molecule has 0 amide bonds. The van der Waals surface area contributed by atoms with Gasteiger partial charge in [0.25, 0.3) is 0 Å². The van der Waals surface area contributed by atoms with Crippen molar-refractivity contribution in [1.82, 2.24) is 0 Å². The molecule has 0 bridgehead atoms. The predicted octanol–water partition coefficient (Wildman–Crippen LogP) is 1.22. The van der Waals surface area contributed by atoms with Crippen molar-refractivity contribution >= 4 is 5.97 Å². The number of aliphatic carboxylic acids is 1. The van der Waals surface area contributed by atoms with Crippen LogP contribution in [0.5, 0.6) is 0 Å². The summed E-state index contributed by atoms with van der Waals surface area (Å²) >= 11 is 0. The van der Waals surface area contributed by atoms with E-state index in [-0.39, 0.29) is 12.0 Å². The van der Waals surface area contributed by atoms with Crippen LogP contribution in [0, 0.1) is 11.3 Å². The summed E-state index contributed by atoms with van der Waals surface area (Å²) < 4.78 is 0.